The Balaban J connectivity index is 0.00000272. The minimum atomic E-state index is 0. The summed E-state index contributed by atoms with van der Waals surface area (Å²) in [6.45, 7) is 7.39. The van der Waals surface area contributed by atoms with E-state index in [4.69, 9.17) is 9.73 Å². The number of halogens is 1. The van der Waals surface area contributed by atoms with Gasteiger partial charge in [-0.15, -0.1) is 34.2 Å². The number of rotatable bonds is 7. The van der Waals surface area contributed by atoms with E-state index in [2.05, 4.69) is 42.6 Å². The van der Waals surface area contributed by atoms with Gasteiger partial charge < -0.3 is 19.9 Å². The van der Waals surface area contributed by atoms with Crippen molar-refractivity contribution in [3.8, 4) is 0 Å². The summed E-state index contributed by atoms with van der Waals surface area (Å²) < 4.78 is 7.76. The summed E-state index contributed by atoms with van der Waals surface area (Å²) in [6.07, 6.45) is 4.78. The van der Waals surface area contributed by atoms with E-state index in [0.717, 1.165) is 76.1 Å². The van der Waals surface area contributed by atoms with Gasteiger partial charge >= 0.3 is 0 Å². The summed E-state index contributed by atoms with van der Waals surface area (Å²) in [5.41, 5.74) is 1.42. The number of thiophene rings is 1. The Morgan fingerprint density at radius 3 is 2.77 bits per heavy atom. The monoisotopic (exact) mass is 559 g/mol. The van der Waals surface area contributed by atoms with Crippen molar-refractivity contribution in [3.05, 3.63) is 34.0 Å². The van der Waals surface area contributed by atoms with Gasteiger partial charge in [-0.1, -0.05) is 0 Å². The normalized spacial score (nSPS) is 20.6. The SMILES string of the molecule is Cc1nnc(CN=C(NCC2CCCO2)NC2CCN(Cc3ccsc3)CC2)n1C.I. The Hall–Kier alpha value is -1.24. The fourth-order valence-electron chi connectivity index (χ4n) is 3.98. The van der Waals surface area contributed by atoms with Crippen molar-refractivity contribution in [2.75, 3.05) is 26.2 Å². The number of aliphatic imine (C=N–C) groups is 1. The van der Waals surface area contributed by atoms with Crippen LogP contribution in [0.2, 0.25) is 0 Å². The highest BCUT2D eigenvalue weighted by molar-refractivity contribution is 14.0. The Kier molecular flexibility index (Phi) is 9.54. The minimum absolute atomic E-state index is 0. The topological polar surface area (TPSA) is 79.6 Å². The molecule has 4 heterocycles. The number of aromatic nitrogens is 3. The Morgan fingerprint density at radius 2 is 2.13 bits per heavy atom. The van der Waals surface area contributed by atoms with E-state index in [1.807, 2.05) is 18.5 Å². The zero-order chi connectivity index (χ0) is 20.8. The van der Waals surface area contributed by atoms with Crippen molar-refractivity contribution < 1.29 is 4.74 Å². The molecule has 10 heteroatoms. The van der Waals surface area contributed by atoms with Gasteiger partial charge in [-0.2, -0.15) is 11.3 Å². The van der Waals surface area contributed by atoms with Crippen LogP contribution in [0.15, 0.2) is 21.8 Å². The largest absolute Gasteiger partial charge is 0.376 e. The Labute approximate surface area is 205 Å². The molecule has 2 aliphatic rings. The van der Waals surface area contributed by atoms with Gasteiger partial charge in [0.2, 0.25) is 0 Å². The quantitative estimate of drug-likeness (QED) is 0.309. The van der Waals surface area contributed by atoms with Crippen molar-refractivity contribution in [1.82, 2.24) is 30.3 Å². The highest BCUT2D eigenvalue weighted by Crippen LogP contribution is 2.16. The summed E-state index contributed by atoms with van der Waals surface area (Å²) in [5.74, 6) is 2.62. The highest BCUT2D eigenvalue weighted by atomic mass is 127. The van der Waals surface area contributed by atoms with Crippen LogP contribution in [0, 0.1) is 6.92 Å². The first-order valence-electron chi connectivity index (χ1n) is 10.9. The molecule has 2 aliphatic heterocycles. The van der Waals surface area contributed by atoms with Crippen molar-refractivity contribution in [2.24, 2.45) is 12.0 Å². The van der Waals surface area contributed by atoms with Gasteiger partial charge in [-0.3, -0.25) is 4.90 Å². The third-order valence-corrected chi connectivity index (χ3v) is 6.73. The molecule has 4 rings (SSSR count). The first-order valence-corrected chi connectivity index (χ1v) is 11.9. The third kappa shape index (κ3) is 7.13. The van der Waals surface area contributed by atoms with Gasteiger partial charge in [-0.05, 0) is 55.0 Å². The lowest BCUT2D eigenvalue weighted by atomic mass is 10.0. The van der Waals surface area contributed by atoms with E-state index in [1.54, 1.807) is 11.3 Å². The molecule has 172 valence electrons. The van der Waals surface area contributed by atoms with Gasteiger partial charge in [0.15, 0.2) is 11.8 Å². The lowest BCUT2D eigenvalue weighted by Crippen LogP contribution is -2.49. The van der Waals surface area contributed by atoms with E-state index in [0.29, 0.717) is 12.6 Å². The number of hydrogen-bond acceptors (Lipinski definition) is 6. The number of aryl methyl sites for hydroxylation is 1. The number of hydrogen-bond donors (Lipinski definition) is 2. The molecule has 0 amide bonds. The fourth-order valence-corrected chi connectivity index (χ4v) is 4.64. The zero-order valence-electron chi connectivity index (χ0n) is 18.4. The summed E-state index contributed by atoms with van der Waals surface area (Å²) in [6, 6.07) is 2.66. The smallest absolute Gasteiger partial charge is 0.192 e. The van der Waals surface area contributed by atoms with Crippen LogP contribution in [-0.2, 0) is 24.9 Å². The molecule has 2 N–H and O–H groups in total. The number of nitrogens with one attached hydrogen (secondary N) is 2. The maximum atomic E-state index is 5.76. The lowest BCUT2D eigenvalue weighted by molar-refractivity contribution is 0.113. The van der Waals surface area contributed by atoms with Crippen LogP contribution >= 0.6 is 35.3 Å². The van der Waals surface area contributed by atoms with E-state index in [-0.39, 0.29) is 30.1 Å². The van der Waals surface area contributed by atoms with E-state index in [9.17, 15) is 0 Å². The summed E-state index contributed by atoms with van der Waals surface area (Å²) in [4.78, 5) is 7.35. The molecule has 2 aromatic rings. The van der Waals surface area contributed by atoms with Gasteiger partial charge in [0.05, 0.1) is 6.10 Å². The van der Waals surface area contributed by atoms with Crippen LogP contribution in [0.5, 0.6) is 0 Å². The molecule has 2 fully saturated rings. The number of likely N-dealkylation sites (tertiary alicyclic amines) is 1. The van der Waals surface area contributed by atoms with Gasteiger partial charge in [-0.25, -0.2) is 4.99 Å². The molecule has 0 spiro atoms. The van der Waals surface area contributed by atoms with Crippen LogP contribution in [0.1, 0.15) is 42.9 Å². The molecule has 0 aromatic carbocycles. The molecule has 2 aromatic heterocycles. The predicted molar refractivity (Wildman–Crippen MR) is 135 cm³/mol. The van der Waals surface area contributed by atoms with Crippen molar-refractivity contribution >= 4 is 41.3 Å². The van der Waals surface area contributed by atoms with Gasteiger partial charge in [0, 0.05) is 45.9 Å². The van der Waals surface area contributed by atoms with Crippen LogP contribution in [0.4, 0.5) is 0 Å². The van der Waals surface area contributed by atoms with E-state index in [1.165, 1.54) is 5.56 Å². The average Bonchev–Trinajstić information content (AvgIpc) is 3.51. The van der Waals surface area contributed by atoms with Gasteiger partial charge in [0.1, 0.15) is 12.4 Å². The summed E-state index contributed by atoms with van der Waals surface area (Å²) in [5, 5.41) is 19.9. The number of piperidine rings is 1. The molecule has 0 saturated carbocycles. The summed E-state index contributed by atoms with van der Waals surface area (Å²) in [7, 11) is 1.98. The third-order valence-electron chi connectivity index (χ3n) is 6.00. The molecular weight excluding hydrogens is 525 g/mol. The van der Waals surface area contributed by atoms with Gasteiger partial charge in [0.25, 0.3) is 0 Å². The Bertz CT molecular complexity index is 812. The highest BCUT2D eigenvalue weighted by Gasteiger charge is 2.21. The van der Waals surface area contributed by atoms with E-state index < -0.39 is 0 Å². The average molecular weight is 560 g/mol. The first-order chi connectivity index (χ1) is 14.7. The van der Waals surface area contributed by atoms with Crippen molar-refractivity contribution in [1.29, 1.82) is 0 Å². The maximum absolute atomic E-state index is 5.76. The molecule has 1 atom stereocenters. The summed E-state index contributed by atoms with van der Waals surface area (Å²) >= 11 is 1.77. The number of guanidine groups is 1. The zero-order valence-corrected chi connectivity index (χ0v) is 21.6. The van der Waals surface area contributed by atoms with Crippen molar-refractivity contribution in [3.63, 3.8) is 0 Å². The molecule has 31 heavy (non-hydrogen) atoms. The van der Waals surface area contributed by atoms with Crippen LogP contribution in [0.3, 0.4) is 0 Å². The molecular formula is C21H34IN7OS. The molecule has 0 bridgehead atoms. The molecule has 1 unspecified atom stereocenters. The van der Waals surface area contributed by atoms with Crippen LogP contribution in [0.25, 0.3) is 0 Å². The second-order valence-electron chi connectivity index (χ2n) is 8.23. The molecule has 0 radical (unpaired) electrons. The maximum Gasteiger partial charge on any atom is 0.192 e. The van der Waals surface area contributed by atoms with Crippen molar-refractivity contribution in [2.45, 2.75) is 57.8 Å². The standard InChI is InChI=1S/C21H33N7OS.HI/c1-16-25-26-20(27(16)2)13-23-21(22-12-19-4-3-10-29-19)24-18-5-8-28(9-6-18)14-17-7-11-30-15-17;/h7,11,15,18-19H,3-6,8-10,12-14H2,1-2H3,(H2,22,23,24);1H. The Morgan fingerprint density at radius 1 is 1.29 bits per heavy atom. The molecule has 2 saturated heterocycles. The second-order valence-corrected chi connectivity index (χ2v) is 9.01. The number of nitrogens with zero attached hydrogens (tertiary/aromatic N) is 5. The number of ether oxygens (including phenoxy) is 1. The lowest BCUT2D eigenvalue weighted by Gasteiger charge is -2.33. The molecule has 8 nitrogen and oxygen atoms in total. The van der Waals surface area contributed by atoms with Crippen LogP contribution < -0.4 is 10.6 Å². The van der Waals surface area contributed by atoms with E-state index >= 15 is 0 Å². The first kappa shape index (κ1) is 24.4. The fraction of sp³-hybridized carbons (Fsp3) is 0.667. The van der Waals surface area contributed by atoms with Crippen LogP contribution in [-0.4, -0.2) is 64.0 Å². The minimum Gasteiger partial charge on any atom is -0.376 e. The predicted octanol–water partition coefficient (Wildman–Crippen LogP) is 2.68. The second kappa shape index (κ2) is 12.1. The molecule has 0 aliphatic carbocycles.